The minimum Gasteiger partial charge on any atom is -0.305 e. The van der Waals surface area contributed by atoms with E-state index in [0.29, 0.717) is 15.4 Å². The van der Waals surface area contributed by atoms with Crippen LogP contribution in [0.4, 0.5) is 27.6 Å². The fraction of sp³-hybridized carbons (Fsp3) is 0.333. The second-order valence-electron chi connectivity index (χ2n) is 11.1. The number of hydrogen-bond donors (Lipinski definition) is 1. The lowest BCUT2D eigenvalue weighted by Gasteiger charge is -2.41. The molecular weight excluding hydrogens is 621 g/mol. The number of amides is 1. The van der Waals surface area contributed by atoms with Crippen molar-refractivity contribution in [2.24, 2.45) is 0 Å². The summed E-state index contributed by atoms with van der Waals surface area (Å²) in [6, 6.07) is 8.32. The van der Waals surface area contributed by atoms with Crippen molar-refractivity contribution in [1.82, 2.24) is 19.5 Å². The molecule has 0 spiro atoms. The summed E-state index contributed by atoms with van der Waals surface area (Å²) in [7, 11) is -5.35. The van der Waals surface area contributed by atoms with Crippen LogP contribution in [0.25, 0.3) is 10.8 Å². The lowest BCUT2D eigenvalue weighted by molar-refractivity contribution is -0.125. The maximum absolute atomic E-state index is 14.6. The van der Waals surface area contributed by atoms with Crippen LogP contribution in [0, 0.1) is 29.1 Å². The summed E-state index contributed by atoms with van der Waals surface area (Å²) in [5.41, 5.74) is 1.10. The number of carbonyl (C=O) groups is 1. The number of sulfonamides is 1. The molecule has 1 amide bonds. The van der Waals surface area contributed by atoms with Crippen LogP contribution in [0.5, 0.6) is 0 Å². The van der Waals surface area contributed by atoms with Crippen LogP contribution in [0.2, 0.25) is 0 Å². The predicted octanol–water partition coefficient (Wildman–Crippen LogP) is 5.06. The lowest BCUT2D eigenvalue weighted by Crippen LogP contribution is -2.59. The molecule has 9 nitrogen and oxygen atoms in total. The third kappa shape index (κ3) is 5.47. The molecule has 2 fully saturated rings. The van der Waals surface area contributed by atoms with E-state index in [1.165, 1.54) is 29.3 Å². The first-order valence-electron chi connectivity index (χ1n) is 14.3. The molecule has 2 aliphatic rings. The van der Waals surface area contributed by atoms with Crippen LogP contribution in [0.3, 0.4) is 0 Å². The number of pyridine rings is 1. The summed E-state index contributed by atoms with van der Waals surface area (Å²) in [5.74, 6) is -12.9. The summed E-state index contributed by atoms with van der Waals surface area (Å²) in [5, 5.41) is 6.74. The summed E-state index contributed by atoms with van der Waals surface area (Å²) < 4.78 is 97.7. The highest BCUT2D eigenvalue weighted by Gasteiger charge is 2.48. The number of aromatic amines is 1. The van der Waals surface area contributed by atoms with Crippen molar-refractivity contribution < 1.29 is 35.2 Å². The van der Waals surface area contributed by atoms with E-state index in [4.69, 9.17) is 4.98 Å². The van der Waals surface area contributed by atoms with Gasteiger partial charge in [0.25, 0.3) is 5.56 Å². The minimum atomic E-state index is -5.35. The maximum Gasteiger partial charge on any atom is 0.272 e. The molecule has 2 aromatic heterocycles. The van der Waals surface area contributed by atoms with Gasteiger partial charge in [-0.15, -0.1) is 0 Å². The highest BCUT2D eigenvalue weighted by molar-refractivity contribution is 7.89. The Bertz CT molecular complexity index is 1950. The van der Waals surface area contributed by atoms with Crippen LogP contribution in [-0.4, -0.2) is 46.4 Å². The van der Waals surface area contributed by atoms with Gasteiger partial charge in [0.1, 0.15) is 6.04 Å². The van der Waals surface area contributed by atoms with Crippen molar-refractivity contribution in [1.29, 1.82) is 0 Å². The van der Waals surface area contributed by atoms with Crippen molar-refractivity contribution in [2.75, 3.05) is 11.4 Å². The van der Waals surface area contributed by atoms with Gasteiger partial charge in [0.2, 0.25) is 21.7 Å². The first-order valence-corrected chi connectivity index (χ1v) is 15.7. The molecule has 15 heteroatoms. The SMILES string of the molecule is O=C([C@H]1CCN1S(=O)(=O)c1c(F)c(F)c(F)c(F)c1F)N(Cc1cccc(C2CCCCC2)n1)c1ccc2c(=O)[nH]ncc2c1. The number of H-pyrrole nitrogens is 1. The van der Waals surface area contributed by atoms with Gasteiger partial charge < -0.3 is 4.90 Å². The van der Waals surface area contributed by atoms with Gasteiger partial charge in [-0.3, -0.25) is 14.6 Å². The lowest BCUT2D eigenvalue weighted by atomic mass is 9.86. The molecule has 45 heavy (non-hydrogen) atoms. The monoisotopic (exact) mass is 647 g/mol. The molecule has 0 bridgehead atoms. The van der Waals surface area contributed by atoms with E-state index in [1.54, 1.807) is 6.07 Å². The molecule has 1 atom stereocenters. The van der Waals surface area contributed by atoms with E-state index in [9.17, 15) is 40.0 Å². The largest absolute Gasteiger partial charge is 0.305 e. The zero-order valence-electron chi connectivity index (χ0n) is 23.6. The molecular formula is C30H26F5N5O4S. The molecule has 6 rings (SSSR count). The Morgan fingerprint density at radius 3 is 2.29 bits per heavy atom. The summed E-state index contributed by atoms with van der Waals surface area (Å²) in [6.45, 7) is -0.549. The third-order valence-corrected chi connectivity index (χ3v) is 10.3. The molecule has 0 unspecified atom stereocenters. The Morgan fingerprint density at radius 1 is 0.933 bits per heavy atom. The van der Waals surface area contributed by atoms with Crippen LogP contribution >= 0.6 is 0 Å². The highest BCUT2D eigenvalue weighted by atomic mass is 32.2. The van der Waals surface area contributed by atoms with Gasteiger partial charge in [-0.05, 0) is 49.6 Å². The fourth-order valence-corrected chi connectivity index (χ4v) is 7.67. The summed E-state index contributed by atoms with van der Waals surface area (Å²) in [4.78, 5) is 30.3. The Labute approximate surface area is 253 Å². The second-order valence-corrected chi connectivity index (χ2v) is 12.9. The molecule has 236 valence electrons. The van der Waals surface area contributed by atoms with E-state index in [-0.39, 0.29) is 30.0 Å². The second kappa shape index (κ2) is 11.9. The first-order chi connectivity index (χ1) is 21.5. The summed E-state index contributed by atoms with van der Waals surface area (Å²) >= 11 is 0. The van der Waals surface area contributed by atoms with Gasteiger partial charge in [0.05, 0.1) is 23.8 Å². The number of aromatic nitrogens is 3. The van der Waals surface area contributed by atoms with E-state index >= 15 is 0 Å². The van der Waals surface area contributed by atoms with Gasteiger partial charge in [0.15, 0.2) is 28.2 Å². The van der Waals surface area contributed by atoms with Crippen molar-refractivity contribution in [3.63, 3.8) is 0 Å². The number of nitrogens with one attached hydrogen (secondary N) is 1. The molecule has 1 N–H and O–H groups in total. The smallest absolute Gasteiger partial charge is 0.272 e. The van der Waals surface area contributed by atoms with Gasteiger partial charge in [-0.25, -0.2) is 35.5 Å². The Morgan fingerprint density at radius 2 is 1.62 bits per heavy atom. The van der Waals surface area contributed by atoms with Crippen LogP contribution in [-0.2, 0) is 21.4 Å². The van der Waals surface area contributed by atoms with E-state index in [0.717, 1.165) is 37.8 Å². The van der Waals surface area contributed by atoms with Crippen LogP contribution in [0.1, 0.15) is 55.8 Å². The number of fused-ring (bicyclic) bond motifs is 1. The number of carbonyl (C=O) groups excluding carboxylic acids is 1. The number of hydrogen-bond acceptors (Lipinski definition) is 6. The number of rotatable bonds is 7. The van der Waals surface area contributed by atoms with Crippen molar-refractivity contribution in [2.45, 2.75) is 61.9 Å². The van der Waals surface area contributed by atoms with Gasteiger partial charge in [-0.1, -0.05) is 25.3 Å². The average Bonchev–Trinajstić information content (AvgIpc) is 3.01. The van der Waals surface area contributed by atoms with Gasteiger partial charge >= 0.3 is 0 Å². The average molecular weight is 648 g/mol. The number of nitrogens with zero attached hydrogens (tertiary/aromatic N) is 4. The van der Waals surface area contributed by atoms with Crippen molar-refractivity contribution in [3.05, 3.63) is 93.4 Å². The first kappa shape index (κ1) is 30.8. The van der Waals surface area contributed by atoms with Gasteiger partial charge in [0, 0.05) is 29.2 Å². The van der Waals surface area contributed by atoms with Crippen LogP contribution < -0.4 is 10.5 Å². The molecule has 0 radical (unpaired) electrons. The molecule has 2 aromatic carbocycles. The van der Waals surface area contributed by atoms with Gasteiger partial charge in [-0.2, -0.15) is 9.40 Å². The van der Waals surface area contributed by atoms with Crippen molar-refractivity contribution in [3.8, 4) is 0 Å². The molecule has 1 aliphatic carbocycles. The van der Waals surface area contributed by atoms with Crippen LogP contribution in [0.15, 0.2) is 52.3 Å². The molecule has 1 saturated heterocycles. The zero-order chi connectivity index (χ0) is 32.0. The zero-order valence-corrected chi connectivity index (χ0v) is 24.4. The molecule has 4 aromatic rings. The number of benzene rings is 2. The highest BCUT2D eigenvalue weighted by Crippen LogP contribution is 2.36. The third-order valence-electron chi connectivity index (χ3n) is 8.39. The minimum absolute atomic E-state index is 0.0890. The Balaban J connectivity index is 1.38. The van der Waals surface area contributed by atoms with Crippen molar-refractivity contribution >= 4 is 32.4 Å². The fourth-order valence-electron chi connectivity index (χ4n) is 5.93. The van der Waals surface area contributed by atoms with E-state index in [2.05, 4.69) is 10.2 Å². The Kier molecular flexibility index (Phi) is 8.16. The standard InChI is InChI=1S/C30H26F5N5O4S/c31-23-24(32)26(34)28(27(35)25(23)33)45(43,44)40-12-11-22(40)30(42)39(19-9-10-20-17(13-19)14-36-38-29(20)41)15-18-7-4-8-21(37-18)16-5-2-1-3-6-16/h4,7-10,13-14,16,22H,1-3,5-6,11-12,15H2,(H,38,41)/t22-/m1/s1. The quantitative estimate of drug-likeness (QED) is 0.170. The molecule has 1 saturated carbocycles. The Hall–Kier alpha value is -4.24. The number of anilines is 1. The van der Waals surface area contributed by atoms with E-state index in [1.807, 2.05) is 12.1 Å². The molecule has 3 heterocycles. The number of halogens is 5. The normalized spacial score (nSPS) is 17.8. The predicted molar refractivity (Wildman–Crippen MR) is 152 cm³/mol. The van der Waals surface area contributed by atoms with E-state index < -0.39 is 68.1 Å². The summed E-state index contributed by atoms with van der Waals surface area (Å²) in [6.07, 6.45) is 6.50. The topological polar surface area (TPSA) is 116 Å². The molecule has 1 aliphatic heterocycles. The maximum atomic E-state index is 14.6.